The van der Waals surface area contributed by atoms with E-state index in [1.165, 1.54) is 0 Å². The number of halogens is 3. The standard InChI is InChI=1S/C15H16F3N3O/c1-2-10-5-3-4-6-12(10)20-14(22)21-13-9-19-8-7-11(13)15(16,17)18/h1,7-10,12H,3-6H2,(H2,20,21,22)/t10-,12+/m1/s1. The summed E-state index contributed by atoms with van der Waals surface area (Å²) in [4.78, 5) is 15.6. The number of hydrogen-bond donors (Lipinski definition) is 2. The van der Waals surface area contributed by atoms with Crippen LogP contribution in [0.25, 0.3) is 0 Å². The van der Waals surface area contributed by atoms with E-state index in [-0.39, 0.29) is 17.6 Å². The average Bonchev–Trinajstić information content (AvgIpc) is 2.47. The molecule has 0 radical (unpaired) electrons. The number of carbonyl (C=O) groups is 1. The van der Waals surface area contributed by atoms with Crippen molar-refractivity contribution in [3.63, 3.8) is 0 Å². The van der Waals surface area contributed by atoms with Gasteiger partial charge in [0.05, 0.1) is 17.4 Å². The van der Waals surface area contributed by atoms with Gasteiger partial charge in [0, 0.05) is 18.2 Å². The predicted molar refractivity (Wildman–Crippen MR) is 76.0 cm³/mol. The van der Waals surface area contributed by atoms with Crippen molar-refractivity contribution >= 4 is 11.7 Å². The van der Waals surface area contributed by atoms with E-state index >= 15 is 0 Å². The van der Waals surface area contributed by atoms with Gasteiger partial charge in [-0.25, -0.2) is 4.79 Å². The minimum absolute atomic E-state index is 0.0875. The molecule has 22 heavy (non-hydrogen) atoms. The second-order valence-corrected chi connectivity index (χ2v) is 5.18. The van der Waals surface area contributed by atoms with Crippen LogP contribution in [0.2, 0.25) is 0 Å². The quantitative estimate of drug-likeness (QED) is 0.822. The average molecular weight is 311 g/mol. The van der Waals surface area contributed by atoms with Crippen LogP contribution in [0, 0.1) is 18.3 Å². The molecule has 0 unspecified atom stereocenters. The van der Waals surface area contributed by atoms with Gasteiger partial charge in [-0.05, 0) is 18.9 Å². The molecule has 1 saturated carbocycles. The van der Waals surface area contributed by atoms with E-state index in [2.05, 4.69) is 21.5 Å². The molecule has 1 heterocycles. The number of terminal acetylenes is 1. The van der Waals surface area contributed by atoms with E-state index in [0.29, 0.717) is 0 Å². The van der Waals surface area contributed by atoms with Crippen molar-refractivity contribution < 1.29 is 18.0 Å². The molecule has 1 aliphatic carbocycles. The third kappa shape index (κ3) is 3.91. The number of rotatable bonds is 2. The van der Waals surface area contributed by atoms with Crippen LogP contribution < -0.4 is 10.6 Å². The molecule has 0 bridgehead atoms. The number of amides is 2. The molecule has 2 N–H and O–H groups in total. The van der Waals surface area contributed by atoms with Gasteiger partial charge in [-0.15, -0.1) is 12.3 Å². The van der Waals surface area contributed by atoms with Gasteiger partial charge in [0.15, 0.2) is 0 Å². The van der Waals surface area contributed by atoms with Crippen LogP contribution in [0.15, 0.2) is 18.5 Å². The van der Waals surface area contributed by atoms with Crippen LogP contribution in [0.5, 0.6) is 0 Å². The first kappa shape index (κ1) is 16.1. The Balaban J connectivity index is 2.05. The molecule has 0 aromatic carbocycles. The third-order valence-corrected chi connectivity index (χ3v) is 3.67. The Kier molecular flexibility index (Phi) is 4.91. The zero-order valence-electron chi connectivity index (χ0n) is 11.8. The van der Waals surface area contributed by atoms with E-state index in [9.17, 15) is 18.0 Å². The first-order chi connectivity index (χ1) is 10.4. The van der Waals surface area contributed by atoms with Gasteiger partial charge in [-0.2, -0.15) is 13.2 Å². The second kappa shape index (κ2) is 6.69. The Morgan fingerprint density at radius 2 is 2.09 bits per heavy atom. The van der Waals surface area contributed by atoms with Gasteiger partial charge in [0.25, 0.3) is 0 Å². The number of carbonyl (C=O) groups excluding carboxylic acids is 1. The molecule has 2 rings (SSSR count). The van der Waals surface area contributed by atoms with Crippen molar-refractivity contribution in [1.82, 2.24) is 10.3 Å². The van der Waals surface area contributed by atoms with E-state index in [0.717, 1.165) is 44.1 Å². The Labute approximate surface area is 126 Å². The summed E-state index contributed by atoms with van der Waals surface area (Å²) in [6, 6.07) is -0.101. The first-order valence-electron chi connectivity index (χ1n) is 6.96. The van der Waals surface area contributed by atoms with Crippen molar-refractivity contribution in [3.8, 4) is 12.3 Å². The SMILES string of the molecule is C#C[C@@H]1CCCC[C@@H]1NC(=O)Nc1cnccc1C(F)(F)F. The van der Waals surface area contributed by atoms with Crippen LogP contribution in [-0.4, -0.2) is 17.1 Å². The van der Waals surface area contributed by atoms with Crippen molar-refractivity contribution in [2.75, 3.05) is 5.32 Å². The second-order valence-electron chi connectivity index (χ2n) is 5.18. The molecular weight excluding hydrogens is 295 g/mol. The zero-order valence-corrected chi connectivity index (χ0v) is 11.8. The fraction of sp³-hybridized carbons (Fsp3) is 0.467. The molecule has 1 aromatic rings. The van der Waals surface area contributed by atoms with Gasteiger partial charge < -0.3 is 10.6 Å². The molecule has 0 aliphatic heterocycles. The zero-order chi connectivity index (χ0) is 16.2. The molecule has 1 aliphatic rings. The lowest BCUT2D eigenvalue weighted by Crippen LogP contribution is -2.43. The smallest absolute Gasteiger partial charge is 0.334 e. The number of hydrogen-bond acceptors (Lipinski definition) is 2. The normalized spacial score (nSPS) is 21.7. The molecule has 118 valence electrons. The fourth-order valence-corrected chi connectivity index (χ4v) is 2.57. The first-order valence-corrected chi connectivity index (χ1v) is 6.96. The van der Waals surface area contributed by atoms with Crippen LogP contribution in [0.1, 0.15) is 31.2 Å². The molecule has 0 spiro atoms. The van der Waals surface area contributed by atoms with E-state index < -0.39 is 17.8 Å². The maximum Gasteiger partial charge on any atom is 0.418 e. The monoisotopic (exact) mass is 311 g/mol. The lowest BCUT2D eigenvalue weighted by atomic mass is 9.85. The number of nitrogens with zero attached hydrogens (tertiary/aromatic N) is 1. The van der Waals surface area contributed by atoms with E-state index in [4.69, 9.17) is 6.42 Å². The van der Waals surface area contributed by atoms with Crippen LogP contribution in [0.3, 0.4) is 0 Å². The van der Waals surface area contributed by atoms with Gasteiger partial charge in [0.2, 0.25) is 0 Å². The maximum absolute atomic E-state index is 12.8. The van der Waals surface area contributed by atoms with Crippen LogP contribution >= 0.6 is 0 Å². The molecule has 1 fully saturated rings. The topological polar surface area (TPSA) is 54.0 Å². The number of alkyl halides is 3. The summed E-state index contributed by atoms with van der Waals surface area (Å²) in [7, 11) is 0. The highest BCUT2D eigenvalue weighted by molar-refractivity contribution is 5.90. The summed E-state index contributed by atoms with van der Waals surface area (Å²) >= 11 is 0. The number of pyridine rings is 1. The van der Waals surface area contributed by atoms with Crippen LogP contribution in [0.4, 0.5) is 23.7 Å². The van der Waals surface area contributed by atoms with Crippen molar-refractivity contribution in [1.29, 1.82) is 0 Å². The summed E-state index contributed by atoms with van der Waals surface area (Å²) in [5.41, 5.74) is -1.31. The highest BCUT2D eigenvalue weighted by atomic mass is 19.4. The third-order valence-electron chi connectivity index (χ3n) is 3.67. The summed E-state index contributed by atoms with van der Waals surface area (Å²) < 4.78 is 38.5. The highest BCUT2D eigenvalue weighted by Gasteiger charge is 2.34. The fourth-order valence-electron chi connectivity index (χ4n) is 2.57. The highest BCUT2D eigenvalue weighted by Crippen LogP contribution is 2.34. The van der Waals surface area contributed by atoms with Crippen molar-refractivity contribution in [2.24, 2.45) is 5.92 Å². The molecule has 1 aromatic heterocycles. The van der Waals surface area contributed by atoms with Crippen molar-refractivity contribution in [2.45, 2.75) is 37.9 Å². The molecule has 0 saturated heterocycles. The lowest BCUT2D eigenvalue weighted by Gasteiger charge is -2.28. The lowest BCUT2D eigenvalue weighted by molar-refractivity contribution is -0.137. The maximum atomic E-state index is 12.8. The number of nitrogens with one attached hydrogen (secondary N) is 2. The Morgan fingerprint density at radius 3 is 2.77 bits per heavy atom. The van der Waals surface area contributed by atoms with Crippen LogP contribution in [-0.2, 0) is 6.18 Å². The van der Waals surface area contributed by atoms with Gasteiger partial charge in [-0.1, -0.05) is 12.8 Å². The summed E-state index contributed by atoms with van der Waals surface area (Å²) in [5.74, 6) is 2.54. The summed E-state index contributed by atoms with van der Waals surface area (Å²) in [6.07, 6.45) is 6.33. The van der Waals surface area contributed by atoms with Gasteiger partial charge in [-0.3, -0.25) is 4.98 Å². The van der Waals surface area contributed by atoms with Gasteiger partial charge >= 0.3 is 12.2 Å². The van der Waals surface area contributed by atoms with E-state index in [1.54, 1.807) is 0 Å². The molecule has 2 amide bonds. The van der Waals surface area contributed by atoms with Crippen molar-refractivity contribution in [3.05, 3.63) is 24.0 Å². The number of aromatic nitrogens is 1. The number of anilines is 1. The predicted octanol–water partition coefficient (Wildman–Crippen LogP) is 3.41. The van der Waals surface area contributed by atoms with Gasteiger partial charge in [0.1, 0.15) is 0 Å². The Bertz CT molecular complexity index is 580. The Hall–Kier alpha value is -2.23. The minimum atomic E-state index is -4.56. The largest absolute Gasteiger partial charge is 0.418 e. The summed E-state index contributed by atoms with van der Waals surface area (Å²) in [5, 5.41) is 4.87. The molecule has 7 heteroatoms. The molecule has 4 nitrogen and oxygen atoms in total. The minimum Gasteiger partial charge on any atom is -0.334 e. The molecular formula is C15H16F3N3O. The molecule has 2 atom stereocenters. The summed E-state index contributed by atoms with van der Waals surface area (Å²) in [6.45, 7) is 0. The Morgan fingerprint density at radius 1 is 1.36 bits per heavy atom. The van der Waals surface area contributed by atoms with E-state index in [1.807, 2.05) is 0 Å². The number of urea groups is 1.